The van der Waals surface area contributed by atoms with Crippen molar-refractivity contribution in [2.45, 2.75) is 0 Å². The van der Waals surface area contributed by atoms with E-state index in [0.717, 1.165) is 10.2 Å². The number of hydrogen-bond acceptors (Lipinski definition) is 5. The average molecular weight is 344 g/mol. The molecule has 0 fully saturated rings. The van der Waals surface area contributed by atoms with Gasteiger partial charge in [-0.2, -0.15) is 0 Å². The summed E-state index contributed by atoms with van der Waals surface area (Å²) in [7, 11) is 1.51. The lowest BCUT2D eigenvalue weighted by molar-refractivity contribution is 0.407. The molecule has 114 valence electrons. The van der Waals surface area contributed by atoms with E-state index in [1.165, 1.54) is 18.4 Å². The molecular formula is C17H10ClNO3S. The molecule has 0 aliphatic rings. The molecule has 4 aromatic rings. The van der Waals surface area contributed by atoms with E-state index in [9.17, 15) is 4.79 Å². The van der Waals surface area contributed by atoms with E-state index in [4.69, 9.17) is 20.8 Å². The summed E-state index contributed by atoms with van der Waals surface area (Å²) < 4.78 is 11.7. The predicted molar refractivity (Wildman–Crippen MR) is 92.7 cm³/mol. The summed E-state index contributed by atoms with van der Waals surface area (Å²) in [5, 5.41) is 1.84. The number of fused-ring (bicyclic) bond motifs is 2. The van der Waals surface area contributed by atoms with E-state index in [0.29, 0.717) is 32.3 Å². The Kier molecular flexibility index (Phi) is 3.32. The molecule has 0 N–H and O–H groups in total. The summed E-state index contributed by atoms with van der Waals surface area (Å²) in [6, 6.07) is 12.8. The molecule has 2 aromatic carbocycles. The summed E-state index contributed by atoms with van der Waals surface area (Å²) >= 11 is 7.54. The van der Waals surface area contributed by atoms with Crippen molar-refractivity contribution in [1.29, 1.82) is 0 Å². The highest BCUT2D eigenvalue weighted by Gasteiger charge is 2.15. The van der Waals surface area contributed by atoms with Crippen molar-refractivity contribution in [3.05, 3.63) is 57.9 Å². The summed E-state index contributed by atoms with van der Waals surface area (Å²) in [4.78, 5) is 16.9. The van der Waals surface area contributed by atoms with E-state index in [2.05, 4.69) is 4.98 Å². The van der Waals surface area contributed by atoms with Crippen molar-refractivity contribution in [3.63, 3.8) is 0 Å². The molecular weight excluding hydrogens is 334 g/mol. The third-order valence-corrected chi connectivity index (χ3v) is 4.79. The minimum absolute atomic E-state index is 0.381. The van der Waals surface area contributed by atoms with Crippen LogP contribution in [0.4, 0.5) is 0 Å². The third kappa shape index (κ3) is 2.38. The van der Waals surface area contributed by atoms with Gasteiger partial charge in [0.1, 0.15) is 5.01 Å². The molecule has 0 unspecified atom stereocenters. The molecule has 0 saturated carbocycles. The Bertz CT molecular complexity index is 1070. The summed E-state index contributed by atoms with van der Waals surface area (Å²) in [5.41, 5.74) is 1.21. The van der Waals surface area contributed by atoms with Crippen LogP contribution in [0.15, 0.2) is 51.7 Å². The number of methoxy groups -OCH3 is 1. The second kappa shape index (κ2) is 5.37. The van der Waals surface area contributed by atoms with Crippen LogP contribution in [0.5, 0.6) is 5.75 Å². The number of para-hydroxylation sites is 1. The fraction of sp³-hybridized carbons (Fsp3) is 0.0588. The van der Waals surface area contributed by atoms with Gasteiger partial charge in [0, 0.05) is 16.5 Å². The fourth-order valence-electron chi connectivity index (χ4n) is 2.46. The van der Waals surface area contributed by atoms with Crippen molar-refractivity contribution in [1.82, 2.24) is 4.98 Å². The van der Waals surface area contributed by atoms with Gasteiger partial charge in [-0.05, 0) is 24.3 Å². The largest absolute Gasteiger partial charge is 0.493 e. The Morgan fingerprint density at radius 3 is 2.83 bits per heavy atom. The number of ether oxygens (including phenoxy) is 1. The van der Waals surface area contributed by atoms with E-state index in [1.807, 2.05) is 24.3 Å². The van der Waals surface area contributed by atoms with Crippen molar-refractivity contribution < 1.29 is 9.15 Å². The second-order valence-electron chi connectivity index (χ2n) is 4.96. The van der Waals surface area contributed by atoms with Gasteiger partial charge >= 0.3 is 5.63 Å². The van der Waals surface area contributed by atoms with Gasteiger partial charge < -0.3 is 9.15 Å². The van der Waals surface area contributed by atoms with Crippen LogP contribution in [-0.4, -0.2) is 12.1 Å². The third-order valence-electron chi connectivity index (χ3n) is 3.51. The van der Waals surface area contributed by atoms with Gasteiger partial charge in [-0.15, -0.1) is 11.3 Å². The highest BCUT2D eigenvalue weighted by molar-refractivity contribution is 7.21. The molecule has 0 saturated heterocycles. The van der Waals surface area contributed by atoms with Crippen LogP contribution >= 0.6 is 22.9 Å². The van der Waals surface area contributed by atoms with Crippen molar-refractivity contribution in [2.24, 2.45) is 0 Å². The summed E-state index contributed by atoms with van der Waals surface area (Å²) in [6.07, 6.45) is 0. The number of benzene rings is 2. The Hall–Kier alpha value is -2.37. The van der Waals surface area contributed by atoms with Crippen molar-refractivity contribution in [3.8, 4) is 16.3 Å². The first-order chi connectivity index (χ1) is 11.2. The first-order valence-electron chi connectivity index (χ1n) is 6.83. The molecule has 6 heteroatoms. The van der Waals surface area contributed by atoms with Gasteiger partial charge in [0.15, 0.2) is 11.3 Å². The molecule has 2 heterocycles. The van der Waals surface area contributed by atoms with Crippen LogP contribution in [0.25, 0.3) is 31.8 Å². The molecule has 0 aliphatic carbocycles. The molecule has 0 radical (unpaired) electrons. The van der Waals surface area contributed by atoms with Crippen molar-refractivity contribution >= 4 is 44.1 Å². The maximum absolute atomic E-state index is 12.4. The van der Waals surface area contributed by atoms with Crippen LogP contribution in [0.3, 0.4) is 0 Å². The summed E-state index contributed by atoms with van der Waals surface area (Å²) in [6.45, 7) is 0. The van der Waals surface area contributed by atoms with Crippen LogP contribution in [0.2, 0.25) is 5.02 Å². The lowest BCUT2D eigenvalue weighted by Crippen LogP contribution is -2.03. The molecule has 0 atom stereocenters. The molecule has 4 rings (SSSR count). The quantitative estimate of drug-likeness (QED) is 0.494. The Balaban J connectivity index is 2.00. The normalized spacial score (nSPS) is 11.2. The van der Waals surface area contributed by atoms with Gasteiger partial charge in [-0.25, -0.2) is 9.78 Å². The number of aromatic nitrogens is 1. The Morgan fingerprint density at radius 1 is 1.22 bits per heavy atom. The van der Waals surface area contributed by atoms with Gasteiger partial charge in [-0.1, -0.05) is 23.7 Å². The molecule has 23 heavy (non-hydrogen) atoms. The molecule has 0 amide bonds. The molecule has 2 aromatic heterocycles. The Morgan fingerprint density at radius 2 is 2.04 bits per heavy atom. The summed E-state index contributed by atoms with van der Waals surface area (Å²) in [5.74, 6) is 0.431. The van der Waals surface area contributed by atoms with E-state index < -0.39 is 5.63 Å². The van der Waals surface area contributed by atoms with Gasteiger partial charge in [0.2, 0.25) is 0 Å². The van der Waals surface area contributed by atoms with Crippen molar-refractivity contribution in [2.75, 3.05) is 7.11 Å². The minimum Gasteiger partial charge on any atom is -0.493 e. The molecule has 0 bridgehead atoms. The maximum atomic E-state index is 12.4. The lowest BCUT2D eigenvalue weighted by atomic mass is 10.2. The number of thiazole rings is 1. The van der Waals surface area contributed by atoms with Gasteiger partial charge in [-0.3, -0.25) is 0 Å². The first kappa shape index (κ1) is 14.2. The predicted octanol–water partition coefficient (Wildman–Crippen LogP) is 4.73. The van der Waals surface area contributed by atoms with E-state index in [1.54, 1.807) is 18.2 Å². The standard InChI is InChI=1S/C17H10ClNO3S/c1-21-13-8-10(18)6-9-7-11(17(20)22-15(9)13)16-19-12-4-2-3-5-14(12)23-16/h2-8H,1H3. The zero-order chi connectivity index (χ0) is 16.0. The fourth-order valence-corrected chi connectivity index (χ4v) is 3.64. The Labute approximate surface area is 139 Å². The highest BCUT2D eigenvalue weighted by atomic mass is 35.5. The number of halogens is 1. The number of rotatable bonds is 2. The van der Waals surface area contributed by atoms with Gasteiger partial charge in [0.05, 0.1) is 22.9 Å². The van der Waals surface area contributed by atoms with Crippen LogP contribution in [0.1, 0.15) is 0 Å². The molecule has 0 spiro atoms. The van der Waals surface area contributed by atoms with Crippen LogP contribution < -0.4 is 10.4 Å². The molecule has 0 aliphatic heterocycles. The van der Waals surface area contributed by atoms with Crippen LogP contribution in [0, 0.1) is 0 Å². The minimum atomic E-state index is -0.447. The first-order valence-corrected chi connectivity index (χ1v) is 8.02. The average Bonchev–Trinajstić information content (AvgIpc) is 2.97. The van der Waals surface area contributed by atoms with E-state index in [-0.39, 0.29) is 0 Å². The SMILES string of the molecule is COc1cc(Cl)cc2cc(-c3nc4ccccc4s3)c(=O)oc12. The zero-order valence-electron chi connectivity index (χ0n) is 12.0. The number of hydrogen-bond donors (Lipinski definition) is 0. The smallest absolute Gasteiger partial charge is 0.346 e. The van der Waals surface area contributed by atoms with Gasteiger partial charge in [0.25, 0.3) is 0 Å². The van der Waals surface area contributed by atoms with Crippen LogP contribution in [-0.2, 0) is 0 Å². The highest BCUT2D eigenvalue weighted by Crippen LogP contribution is 2.33. The number of nitrogens with zero attached hydrogens (tertiary/aromatic N) is 1. The monoisotopic (exact) mass is 343 g/mol. The lowest BCUT2D eigenvalue weighted by Gasteiger charge is -2.05. The topological polar surface area (TPSA) is 52.3 Å². The zero-order valence-corrected chi connectivity index (χ0v) is 13.6. The van der Waals surface area contributed by atoms with E-state index >= 15 is 0 Å². The molecule has 4 nitrogen and oxygen atoms in total. The second-order valence-corrected chi connectivity index (χ2v) is 6.43. The maximum Gasteiger partial charge on any atom is 0.346 e.